The Kier molecular flexibility index (Phi) is 7.22. The van der Waals surface area contributed by atoms with Gasteiger partial charge in [0.15, 0.2) is 0 Å². The smallest absolute Gasteiger partial charge is 0.282 e. The van der Waals surface area contributed by atoms with Gasteiger partial charge >= 0.3 is 0 Å². The molecule has 0 aliphatic carbocycles. The molecular weight excluding hydrogens is 468 g/mol. The maximum Gasteiger partial charge on any atom is 0.282 e. The zero-order valence-electron chi connectivity index (χ0n) is 16.4. The van der Waals surface area contributed by atoms with Crippen molar-refractivity contribution in [3.8, 4) is 0 Å². The molecule has 2 aliphatic heterocycles. The van der Waals surface area contributed by atoms with Gasteiger partial charge in [-0.15, -0.1) is 0 Å². The van der Waals surface area contributed by atoms with Gasteiger partial charge in [0, 0.05) is 34.4 Å². The Bertz CT molecular complexity index is 842. The maximum atomic E-state index is 12.4. The summed E-state index contributed by atoms with van der Waals surface area (Å²) in [6, 6.07) is 16.3. The zero-order chi connectivity index (χ0) is 20.2. The Morgan fingerprint density at radius 2 is 1.86 bits per heavy atom. The molecule has 0 saturated carbocycles. The highest BCUT2D eigenvalue weighted by atomic mass is 79.9. The first kappa shape index (κ1) is 21.2. The van der Waals surface area contributed by atoms with Crippen LogP contribution < -0.4 is 0 Å². The fraction of sp³-hybridized carbons (Fsp3) is 0.435. The van der Waals surface area contributed by atoms with Crippen LogP contribution in [0.1, 0.15) is 24.0 Å². The summed E-state index contributed by atoms with van der Waals surface area (Å²) < 4.78 is 1.16. The van der Waals surface area contributed by atoms with Crippen molar-refractivity contribution in [3.05, 3.63) is 69.2 Å². The summed E-state index contributed by atoms with van der Waals surface area (Å²) in [7, 11) is 0. The fourth-order valence-corrected chi connectivity index (χ4v) is 5.99. The van der Waals surface area contributed by atoms with E-state index in [1.807, 2.05) is 35.2 Å². The number of halogens is 2. The lowest BCUT2D eigenvalue weighted by Gasteiger charge is -2.33. The van der Waals surface area contributed by atoms with Gasteiger partial charge in [0.2, 0.25) is 0 Å². The quantitative estimate of drug-likeness (QED) is 0.486. The van der Waals surface area contributed by atoms with Crippen molar-refractivity contribution in [1.82, 2.24) is 9.80 Å². The number of likely N-dealkylation sites (tertiary alicyclic amines) is 1. The van der Waals surface area contributed by atoms with Gasteiger partial charge in [-0.2, -0.15) is 0 Å². The van der Waals surface area contributed by atoms with Crippen LogP contribution in [0.4, 0.5) is 4.79 Å². The second-order valence-electron chi connectivity index (χ2n) is 8.06. The minimum Gasteiger partial charge on any atom is -0.328 e. The molecule has 0 aromatic heterocycles. The average Bonchev–Trinajstić information content (AvgIpc) is 3.06. The van der Waals surface area contributed by atoms with Gasteiger partial charge in [-0.25, -0.2) is 0 Å². The monoisotopic (exact) mass is 492 g/mol. The van der Waals surface area contributed by atoms with E-state index in [0.717, 1.165) is 48.6 Å². The maximum absolute atomic E-state index is 12.4. The van der Waals surface area contributed by atoms with Crippen molar-refractivity contribution in [3.63, 3.8) is 0 Å². The molecule has 0 bridgehead atoms. The highest BCUT2D eigenvalue weighted by Crippen LogP contribution is 2.31. The van der Waals surface area contributed by atoms with Crippen LogP contribution in [-0.4, -0.2) is 46.5 Å². The molecule has 2 heterocycles. The van der Waals surface area contributed by atoms with Crippen LogP contribution in [0.3, 0.4) is 0 Å². The van der Waals surface area contributed by atoms with E-state index in [-0.39, 0.29) is 5.24 Å². The molecule has 0 N–H and O–H groups in total. The van der Waals surface area contributed by atoms with E-state index < -0.39 is 0 Å². The molecule has 6 heteroatoms. The van der Waals surface area contributed by atoms with Crippen LogP contribution in [0, 0.1) is 5.92 Å². The summed E-state index contributed by atoms with van der Waals surface area (Å²) in [6.45, 7) is 4.82. The Balaban J connectivity index is 1.24. The molecule has 2 aromatic carbocycles. The Hall–Kier alpha value is -1.01. The summed E-state index contributed by atoms with van der Waals surface area (Å²) in [4.78, 5) is 16.9. The molecule has 154 valence electrons. The molecular formula is C23H26BrClN2OS. The normalized spacial score (nSPS) is 21.1. The Morgan fingerprint density at radius 1 is 1.10 bits per heavy atom. The first-order chi connectivity index (χ1) is 14.1. The van der Waals surface area contributed by atoms with Gasteiger partial charge in [-0.1, -0.05) is 69.6 Å². The topological polar surface area (TPSA) is 23.6 Å². The van der Waals surface area contributed by atoms with Gasteiger partial charge < -0.3 is 9.80 Å². The van der Waals surface area contributed by atoms with Crippen LogP contribution in [0.5, 0.6) is 0 Å². The highest BCUT2D eigenvalue weighted by Gasteiger charge is 2.32. The van der Waals surface area contributed by atoms with E-state index >= 15 is 0 Å². The third-order valence-electron chi connectivity index (χ3n) is 5.85. The number of carbonyl (C=O) groups is 1. The lowest BCUT2D eigenvalue weighted by molar-refractivity contribution is 0.179. The number of benzene rings is 2. The summed E-state index contributed by atoms with van der Waals surface area (Å²) in [6.07, 6.45) is 3.49. The molecule has 4 rings (SSSR count). The molecule has 0 radical (unpaired) electrons. The van der Waals surface area contributed by atoms with Crippen LogP contribution >= 0.6 is 39.3 Å². The van der Waals surface area contributed by atoms with Crippen molar-refractivity contribution >= 4 is 44.5 Å². The number of piperidine rings is 1. The molecule has 3 nitrogen and oxygen atoms in total. The van der Waals surface area contributed by atoms with E-state index in [1.54, 1.807) is 0 Å². The number of hydrogen-bond donors (Lipinski definition) is 0. The first-order valence-corrected chi connectivity index (χ1v) is 12.3. The number of hydrogen-bond acceptors (Lipinski definition) is 3. The molecule has 1 unspecified atom stereocenters. The minimum absolute atomic E-state index is 0.222. The minimum atomic E-state index is 0.222. The van der Waals surface area contributed by atoms with Crippen LogP contribution in [0.25, 0.3) is 0 Å². The molecule has 2 aromatic rings. The Morgan fingerprint density at radius 3 is 2.62 bits per heavy atom. The predicted molar refractivity (Wildman–Crippen MR) is 126 cm³/mol. The molecule has 2 saturated heterocycles. The van der Waals surface area contributed by atoms with Crippen LogP contribution in [-0.2, 0) is 13.0 Å². The average molecular weight is 494 g/mol. The lowest BCUT2D eigenvalue weighted by atomic mass is 9.90. The van der Waals surface area contributed by atoms with Gasteiger partial charge in [0.05, 0.1) is 0 Å². The van der Waals surface area contributed by atoms with Gasteiger partial charge in [-0.05, 0) is 67.6 Å². The van der Waals surface area contributed by atoms with E-state index in [2.05, 4.69) is 39.0 Å². The lowest BCUT2D eigenvalue weighted by Crippen LogP contribution is -2.39. The van der Waals surface area contributed by atoms with E-state index in [1.165, 1.54) is 35.7 Å². The van der Waals surface area contributed by atoms with Crippen LogP contribution in [0.2, 0.25) is 5.02 Å². The van der Waals surface area contributed by atoms with Crippen molar-refractivity contribution in [1.29, 1.82) is 0 Å². The van der Waals surface area contributed by atoms with Gasteiger partial charge in [0.25, 0.3) is 5.24 Å². The van der Waals surface area contributed by atoms with Crippen LogP contribution in [0.15, 0.2) is 53.0 Å². The first-order valence-electron chi connectivity index (χ1n) is 10.2. The van der Waals surface area contributed by atoms with Crippen molar-refractivity contribution in [2.45, 2.75) is 31.1 Å². The summed E-state index contributed by atoms with van der Waals surface area (Å²) in [5, 5.41) is 1.41. The number of carbonyl (C=O) groups excluding carboxylic acids is 1. The standard InChI is InChI=1S/C23H26BrClN2OS/c24-22-7-6-20(25)13-19(22)12-17-8-10-26(11-9-17)15-21-16-27(23(28)29-21)14-18-4-2-1-3-5-18/h1-7,13,17,21H,8-12,14-16H2. The van der Waals surface area contributed by atoms with E-state index in [9.17, 15) is 4.79 Å². The predicted octanol–water partition coefficient (Wildman–Crippen LogP) is 6.09. The van der Waals surface area contributed by atoms with Crippen molar-refractivity contribution in [2.75, 3.05) is 26.2 Å². The number of thioether (sulfide) groups is 1. The number of rotatable bonds is 6. The van der Waals surface area contributed by atoms with Crippen molar-refractivity contribution in [2.24, 2.45) is 5.92 Å². The third-order valence-corrected chi connectivity index (χ3v) is 7.95. The second-order valence-corrected chi connectivity index (χ2v) is 10.6. The summed E-state index contributed by atoms with van der Waals surface area (Å²) in [5.74, 6) is 0.702. The SMILES string of the molecule is O=C1SC(CN2CCC(Cc3cc(Cl)ccc3Br)CC2)CN1Cc1ccccc1. The molecule has 2 fully saturated rings. The fourth-order valence-electron chi connectivity index (χ4n) is 4.27. The number of amides is 1. The molecule has 2 aliphatic rings. The Labute approximate surface area is 190 Å². The third kappa shape index (κ3) is 5.78. The van der Waals surface area contributed by atoms with E-state index in [4.69, 9.17) is 11.6 Å². The summed E-state index contributed by atoms with van der Waals surface area (Å²) >= 11 is 11.3. The molecule has 1 amide bonds. The summed E-state index contributed by atoms with van der Waals surface area (Å²) in [5.41, 5.74) is 2.51. The zero-order valence-corrected chi connectivity index (χ0v) is 19.6. The second kappa shape index (κ2) is 9.86. The highest BCUT2D eigenvalue weighted by molar-refractivity contribution is 9.10. The molecule has 1 atom stereocenters. The van der Waals surface area contributed by atoms with Gasteiger partial charge in [-0.3, -0.25) is 4.79 Å². The largest absolute Gasteiger partial charge is 0.328 e. The molecule has 0 spiro atoms. The number of nitrogens with zero attached hydrogens (tertiary/aromatic N) is 2. The van der Waals surface area contributed by atoms with Crippen molar-refractivity contribution < 1.29 is 4.79 Å². The molecule has 29 heavy (non-hydrogen) atoms. The van der Waals surface area contributed by atoms with E-state index in [0.29, 0.717) is 11.2 Å². The van der Waals surface area contributed by atoms with Gasteiger partial charge in [0.1, 0.15) is 0 Å².